The molecule has 0 amide bonds. The number of sulfonamides is 1. The molecule has 0 aromatic heterocycles. The third kappa shape index (κ3) is 7.49. The van der Waals surface area contributed by atoms with Crippen molar-refractivity contribution in [3.05, 3.63) is 29.8 Å². The first-order valence-electron chi connectivity index (χ1n) is 9.77. The zero-order valence-corrected chi connectivity index (χ0v) is 20.0. The molecule has 0 unspecified atom stereocenters. The molecule has 1 fully saturated rings. The van der Waals surface area contributed by atoms with E-state index in [0.29, 0.717) is 55.8 Å². The Morgan fingerprint density at radius 3 is 2.54 bits per heavy atom. The Kier molecular flexibility index (Phi) is 12.0. The molecule has 1 aromatic carbocycles. The zero-order valence-electron chi connectivity index (χ0n) is 16.8. The number of piperidine rings is 1. The van der Waals surface area contributed by atoms with Crippen LogP contribution in [-0.4, -0.2) is 58.1 Å². The first kappa shape index (κ1) is 25.1. The van der Waals surface area contributed by atoms with Crippen molar-refractivity contribution >= 4 is 40.0 Å². The summed E-state index contributed by atoms with van der Waals surface area (Å²) < 4.78 is 33.0. The van der Waals surface area contributed by atoms with Gasteiger partial charge >= 0.3 is 0 Å². The predicted octanol–water partition coefficient (Wildman–Crippen LogP) is 2.57. The number of nitrogens with one attached hydrogen (secondary N) is 2. The normalized spacial score (nSPS) is 15.7. The second-order valence-electron chi connectivity index (χ2n) is 6.39. The van der Waals surface area contributed by atoms with E-state index in [1.54, 1.807) is 16.4 Å². The van der Waals surface area contributed by atoms with Crippen LogP contribution in [0.25, 0.3) is 0 Å². The van der Waals surface area contributed by atoms with Crippen molar-refractivity contribution in [1.29, 1.82) is 0 Å². The number of aliphatic imine (C=N–C) groups is 1. The second-order valence-corrected chi connectivity index (χ2v) is 8.30. The molecule has 2 rings (SSSR count). The molecular weight excluding hydrogens is 491 g/mol. The summed E-state index contributed by atoms with van der Waals surface area (Å²) in [5.74, 6) is 0.655. The molecule has 1 aliphatic rings. The van der Waals surface area contributed by atoms with Gasteiger partial charge in [0.05, 0.1) is 18.0 Å². The lowest BCUT2D eigenvalue weighted by Gasteiger charge is -2.26. The van der Waals surface area contributed by atoms with Crippen molar-refractivity contribution in [2.75, 3.05) is 39.4 Å². The summed E-state index contributed by atoms with van der Waals surface area (Å²) in [4.78, 5) is 4.92. The summed E-state index contributed by atoms with van der Waals surface area (Å²) in [6.07, 6.45) is 2.94. The van der Waals surface area contributed by atoms with Crippen LogP contribution >= 0.6 is 24.0 Å². The highest BCUT2D eigenvalue weighted by Crippen LogP contribution is 2.24. The summed E-state index contributed by atoms with van der Waals surface area (Å²) in [5.41, 5.74) is 0.713. The van der Waals surface area contributed by atoms with E-state index in [1.165, 1.54) is 0 Å². The van der Waals surface area contributed by atoms with Gasteiger partial charge in [0.1, 0.15) is 0 Å². The van der Waals surface area contributed by atoms with Crippen LogP contribution in [0.2, 0.25) is 0 Å². The Morgan fingerprint density at radius 2 is 1.86 bits per heavy atom. The number of hydrogen-bond acceptors (Lipinski definition) is 4. The minimum absolute atomic E-state index is 0. The van der Waals surface area contributed by atoms with Gasteiger partial charge < -0.3 is 15.4 Å². The zero-order chi connectivity index (χ0) is 19.5. The molecule has 7 nitrogen and oxygen atoms in total. The first-order chi connectivity index (χ1) is 13.1. The van der Waals surface area contributed by atoms with Crippen LogP contribution in [0.15, 0.2) is 34.2 Å². The van der Waals surface area contributed by atoms with Crippen LogP contribution in [0.4, 0.5) is 0 Å². The summed E-state index contributed by atoms with van der Waals surface area (Å²) in [6.45, 7) is 8.10. The Bertz CT molecular complexity index is 707. The highest BCUT2D eigenvalue weighted by atomic mass is 127. The molecule has 1 aliphatic heterocycles. The van der Waals surface area contributed by atoms with Crippen molar-refractivity contribution < 1.29 is 13.2 Å². The lowest BCUT2D eigenvalue weighted by Crippen LogP contribution is -2.39. The van der Waals surface area contributed by atoms with E-state index in [0.717, 1.165) is 25.8 Å². The fraction of sp³-hybridized carbons (Fsp3) is 0.632. The van der Waals surface area contributed by atoms with Gasteiger partial charge in [0.2, 0.25) is 10.0 Å². The Labute approximate surface area is 186 Å². The minimum Gasteiger partial charge on any atom is -0.380 e. The van der Waals surface area contributed by atoms with Crippen LogP contribution in [0.3, 0.4) is 0 Å². The number of rotatable bonds is 9. The maximum absolute atomic E-state index is 13.1. The Balaban J connectivity index is 0.00000392. The van der Waals surface area contributed by atoms with Crippen molar-refractivity contribution in [1.82, 2.24) is 14.9 Å². The fourth-order valence-electron chi connectivity index (χ4n) is 3.02. The number of nitrogens with zero attached hydrogens (tertiary/aromatic N) is 2. The largest absolute Gasteiger partial charge is 0.380 e. The van der Waals surface area contributed by atoms with E-state index in [2.05, 4.69) is 15.6 Å². The first-order valence-corrected chi connectivity index (χ1v) is 11.2. The number of hydrogen-bond donors (Lipinski definition) is 2. The molecule has 160 valence electrons. The monoisotopic (exact) mass is 524 g/mol. The van der Waals surface area contributed by atoms with Crippen molar-refractivity contribution in [2.24, 2.45) is 4.99 Å². The molecule has 28 heavy (non-hydrogen) atoms. The molecule has 1 heterocycles. The average Bonchev–Trinajstić information content (AvgIpc) is 2.70. The number of guanidine groups is 1. The van der Waals surface area contributed by atoms with E-state index in [1.807, 2.05) is 26.0 Å². The van der Waals surface area contributed by atoms with Crippen LogP contribution in [0, 0.1) is 0 Å². The smallest absolute Gasteiger partial charge is 0.243 e. The average molecular weight is 524 g/mol. The van der Waals surface area contributed by atoms with Crippen LogP contribution in [0.1, 0.15) is 38.7 Å². The molecule has 0 radical (unpaired) electrons. The summed E-state index contributed by atoms with van der Waals surface area (Å²) in [5, 5.41) is 6.38. The van der Waals surface area contributed by atoms with Crippen LogP contribution in [0.5, 0.6) is 0 Å². The molecule has 2 N–H and O–H groups in total. The van der Waals surface area contributed by atoms with E-state index < -0.39 is 10.0 Å². The van der Waals surface area contributed by atoms with Crippen molar-refractivity contribution in [3.63, 3.8) is 0 Å². The van der Waals surface area contributed by atoms with Gasteiger partial charge in [0.25, 0.3) is 0 Å². The fourth-order valence-corrected chi connectivity index (χ4v) is 4.75. The van der Waals surface area contributed by atoms with Crippen molar-refractivity contribution in [2.45, 2.75) is 44.6 Å². The predicted molar refractivity (Wildman–Crippen MR) is 124 cm³/mol. The van der Waals surface area contributed by atoms with E-state index in [-0.39, 0.29) is 24.0 Å². The minimum atomic E-state index is -3.47. The Morgan fingerprint density at radius 1 is 1.14 bits per heavy atom. The molecule has 0 saturated carbocycles. The molecule has 0 bridgehead atoms. The van der Waals surface area contributed by atoms with Gasteiger partial charge in [0.15, 0.2) is 5.96 Å². The van der Waals surface area contributed by atoms with Gasteiger partial charge in [-0.3, -0.25) is 0 Å². The van der Waals surface area contributed by atoms with Gasteiger partial charge in [-0.05, 0) is 38.3 Å². The SMILES string of the molecule is CCNC(=NCc1ccccc1S(=O)(=O)N1CCCCC1)NCCOCC.I. The Hall–Kier alpha value is -0.910. The van der Waals surface area contributed by atoms with Gasteiger partial charge in [-0.1, -0.05) is 24.6 Å². The number of benzene rings is 1. The van der Waals surface area contributed by atoms with Gasteiger partial charge in [0, 0.05) is 32.8 Å². The second kappa shape index (κ2) is 13.3. The number of ether oxygens (including phenoxy) is 1. The highest BCUT2D eigenvalue weighted by Gasteiger charge is 2.27. The van der Waals surface area contributed by atoms with Gasteiger partial charge in [-0.15, -0.1) is 24.0 Å². The third-order valence-electron chi connectivity index (χ3n) is 4.40. The molecule has 9 heteroatoms. The molecule has 1 aromatic rings. The summed E-state index contributed by atoms with van der Waals surface area (Å²) in [6, 6.07) is 7.15. The van der Waals surface area contributed by atoms with E-state index in [4.69, 9.17) is 4.74 Å². The standard InChI is InChI=1S/C19H32N4O3S.HI/c1-3-20-19(21-12-15-26-4-2)22-16-17-10-6-7-11-18(17)27(24,25)23-13-8-5-9-14-23;/h6-7,10-11H,3-5,8-9,12-16H2,1-2H3,(H2,20,21,22);1H. The summed E-state index contributed by atoms with van der Waals surface area (Å²) in [7, 11) is -3.47. The lowest BCUT2D eigenvalue weighted by molar-refractivity contribution is 0.152. The maximum Gasteiger partial charge on any atom is 0.243 e. The van der Waals surface area contributed by atoms with E-state index in [9.17, 15) is 8.42 Å². The maximum atomic E-state index is 13.1. The topological polar surface area (TPSA) is 83.0 Å². The van der Waals surface area contributed by atoms with Gasteiger partial charge in [-0.2, -0.15) is 4.31 Å². The summed E-state index contributed by atoms with van der Waals surface area (Å²) >= 11 is 0. The molecular formula is C19H33IN4O3S. The molecule has 0 spiro atoms. The van der Waals surface area contributed by atoms with E-state index >= 15 is 0 Å². The van der Waals surface area contributed by atoms with Crippen molar-refractivity contribution in [3.8, 4) is 0 Å². The highest BCUT2D eigenvalue weighted by molar-refractivity contribution is 14.0. The molecule has 1 saturated heterocycles. The molecule has 0 atom stereocenters. The van der Waals surface area contributed by atoms with Gasteiger partial charge in [-0.25, -0.2) is 13.4 Å². The van der Waals surface area contributed by atoms with Crippen LogP contribution in [-0.2, 0) is 21.3 Å². The third-order valence-corrected chi connectivity index (χ3v) is 6.40. The quantitative estimate of drug-likeness (QED) is 0.225. The van der Waals surface area contributed by atoms with Crippen LogP contribution < -0.4 is 10.6 Å². The number of halogens is 1. The lowest BCUT2D eigenvalue weighted by atomic mass is 10.2. The molecule has 0 aliphatic carbocycles.